The van der Waals surface area contributed by atoms with Crippen molar-refractivity contribution < 1.29 is 21.6 Å². The molecule has 1 aromatic rings. The van der Waals surface area contributed by atoms with Gasteiger partial charge in [0.05, 0.1) is 11.9 Å². The standard InChI is InChI=1S/C11H14F3N3O2S/c1-8-3-2-6-17(8)20(18,19)16-9-4-5-10(15-7-9)11(12,13)14/h4-5,7-8,16H,2-3,6H2,1H3. The van der Waals surface area contributed by atoms with E-state index in [1.807, 2.05) is 0 Å². The zero-order chi connectivity index (χ0) is 15.0. The molecule has 0 aromatic carbocycles. The van der Waals surface area contributed by atoms with Gasteiger partial charge in [-0.25, -0.2) is 4.98 Å². The molecule has 0 bridgehead atoms. The Morgan fingerprint density at radius 2 is 2.10 bits per heavy atom. The highest BCUT2D eigenvalue weighted by Crippen LogP contribution is 2.28. The van der Waals surface area contributed by atoms with Gasteiger partial charge in [0.25, 0.3) is 0 Å². The van der Waals surface area contributed by atoms with Crippen LogP contribution in [-0.4, -0.2) is 30.3 Å². The van der Waals surface area contributed by atoms with Crippen LogP contribution in [0.3, 0.4) is 0 Å². The summed E-state index contributed by atoms with van der Waals surface area (Å²) < 4.78 is 64.7. The van der Waals surface area contributed by atoms with Crippen molar-refractivity contribution >= 4 is 15.9 Å². The maximum absolute atomic E-state index is 12.3. The number of hydrogen-bond acceptors (Lipinski definition) is 3. The molecule has 1 fully saturated rings. The molecule has 1 unspecified atom stereocenters. The fraction of sp³-hybridized carbons (Fsp3) is 0.545. The van der Waals surface area contributed by atoms with Gasteiger partial charge in [0.1, 0.15) is 5.69 Å². The van der Waals surface area contributed by atoms with E-state index in [-0.39, 0.29) is 11.7 Å². The lowest BCUT2D eigenvalue weighted by Gasteiger charge is -2.21. The van der Waals surface area contributed by atoms with Crippen molar-refractivity contribution in [2.75, 3.05) is 11.3 Å². The summed E-state index contributed by atoms with van der Waals surface area (Å²) in [6.45, 7) is 2.20. The smallest absolute Gasteiger partial charge is 0.269 e. The predicted octanol–water partition coefficient (Wildman–Crippen LogP) is 2.24. The first-order valence-corrected chi connectivity index (χ1v) is 7.47. The minimum atomic E-state index is -4.54. The number of hydrogen-bond donors (Lipinski definition) is 1. The molecule has 1 aliphatic rings. The minimum Gasteiger partial charge on any atom is -0.269 e. The van der Waals surface area contributed by atoms with Crippen LogP contribution in [0.4, 0.5) is 18.9 Å². The van der Waals surface area contributed by atoms with E-state index in [9.17, 15) is 21.6 Å². The molecule has 20 heavy (non-hydrogen) atoms. The predicted molar refractivity (Wildman–Crippen MR) is 67.2 cm³/mol. The SMILES string of the molecule is CC1CCCN1S(=O)(=O)Nc1ccc(C(F)(F)F)nc1. The second kappa shape index (κ2) is 5.21. The zero-order valence-electron chi connectivity index (χ0n) is 10.7. The normalized spacial score (nSPS) is 21.1. The van der Waals surface area contributed by atoms with Crippen LogP contribution in [0.2, 0.25) is 0 Å². The van der Waals surface area contributed by atoms with Crippen LogP contribution >= 0.6 is 0 Å². The molecule has 1 saturated heterocycles. The summed E-state index contributed by atoms with van der Waals surface area (Å²) in [5.74, 6) is 0. The average molecular weight is 309 g/mol. The summed E-state index contributed by atoms with van der Waals surface area (Å²) in [4.78, 5) is 3.21. The Morgan fingerprint density at radius 3 is 2.55 bits per heavy atom. The number of rotatable bonds is 3. The van der Waals surface area contributed by atoms with E-state index >= 15 is 0 Å². The lowest BCUT2D eigenvalue weighted by Crippen LogP contribution is -2.38. The molecular formula is C11H14F3N3O2S. The van der Waals surface area contributed by atoms with E-state index in [1.165, 1.54) is 4.31 Å². The second-order valence-corrected chi connectivity index (χ2v) is 6.26. The van der Waals surface area contributed by atoms with Gasteiger partial charge in [-0.3, -0.25) is 4.72 Å². The number of anilines is 1. The summed E-state index contributed by atoms with van der Waals surface area (Å²) in [5, 5.41) is 0. The Bertz CT molecular complexity index is 572. The van der Waals surface area contributed by atoms with Crippen LogP contribution in [0.5, 0.6) is 0 Å². The molecule has 2 heterocycles. The van der Waals surface area contributed by atoms with E-state index in [2.05, 4.69) is 9.71 Å². The summed E-state index contributed by atoms with van der Waals surface area (Å²) in [5.41, 5.74) is -1.05. The average Bonchev–Trinajstić information content (AvgIpc) is 2.75. The van der Waals surface area contributed by atoms with E-state index in [1.54, 1.807) is 6.92 Å². The van der Waals surface area contributed by atoms with Gasteiger partial charge in [0.15, 0.2) is 0 Å². The van der Waals surface area contributed by atoms with Crippen molar-refractivity contribution in [2.45, 2.75) is 32.0 Å². The topological polar surface area (TPSA) is 62.3 Å². The minimum absolute atomic E-state index is 0.0112. The first-order valence-electron chi connectivity index (χ1n) is 6.03. The molecule has 1 N–H and O–H groups in total. The summed E-state index contributed by atoms with van der Waals surface area (Å²) in [7, 11) is -3.75. The van der Waals surface area contributed by atoms with Crippen LogP contribution in [0.25, 0.3) is 0 Å². The number of nitrogens with zero attached hydrogens (tertiary/aromatic N) is 2. The van der Waals surface area contributed by atoms with Crippen LogP contribution in [0, 0.1) is 0 Å². The van der Waals surface area contributed by atoms with Crippen LogP contribution < -0.4 is 4.72 Å². The van der Waals surface area contributed by atoms with Crippen molar-refractivity contribution in [1.29, 1.82) is 0 Å². The Balaban J connectivity index is 2.14. The Labute approximate surface area is 115 Å². The zero-order valence-corrected chi connectivity index (χ0v) is 11.5. The van der Waals surface area contributed by atoms with Gasteiger partial charge in [0.2, 0.25) is 0 Å². The van der Waals surface area contributed by atoms with Gasteiger partial charge in [-0.05, 0) is 31.9 Å². The van der Waals surface area contributed by atoms with E-state index in [4.69, 9.17) is 0 Å². The maximum atomic E-state index is 12.3. The van der Waals surface area contributed by atoms with Gasteiger partial charge in [-0.15, -0.1) is 0 Å². The molecular weight excluding hydrogens is 295 g/mol. The van der Waals surface area contributed by atoms with Gasteiger partial charge < -0.3 is 0 Å². The largest absolute Gasteiger partial charge is 0.433 e. The van der Waals surface area contributed by atoms with Crippen LogP contribution in [-0.2, 0) is 16.4 Å². The maximum Gasteiger partial charge on any atom is 0.433 e. The highest BCUT2D eigenvalue weighted by molar-refractivity contribution is 7.90. The molecule has 1 aliphatic heterocycles. The van der Waals surface area contributed by atoms with Crippen molar-refractivity contribution in [3.63, 3.8) is 0 Å². The first kappa shape index (κ1) is 15.0. The van der Waals surface area contributed by atoms with Crippen LogP contribution in [0.1, 0.15) is 25.5 Å². The third kappa shape index (κ3) is 3.21. The Morgan fingerprint density at radius 1 is 1.40 bits per heavy atom. The number of nitrogens with one attached hydrogen (secondary N) is 1. The molecule has 2 rings (SSSR count). The molecule has 0 spiro atoms. The lowest BCUT2D eigenvalue weighted by molar-refractivity contribution is -0.141. The number of pyridine rings is 1. The molecule has 0 radical (unpaired) electrons. The number of aromatic nitrogens is 1. The third-order valence-corrected chi connectivity index (χ3v) is 4.76. The van der Waals surface area contributed by atoms with Crippen molar-refractivity contribution in [2.24, 2.45) is 0 Å². The summed E-state index contributed by atoms with van der Waals surface area (Å²) >= 11 is 0. The quantitative estimate of drug-likeness (QED) is 0.931. The van der Waals surface area contributed by atoms with E-state index < -0.39 is 22.1 Å². The van der Waals surface area contributed by atoms with Crippen molar-refractivity contribution in [3.05, 3.63) is 24.0 Å². The molecule has 1 atom stereocenters. The van der Waals surface area contributed by atoms with E-state index in [0.717, 1.165) is 31.2 Å². The molecule has 0 saturated carbocycles. The fourth-order valence-electron chi connectivity index (χ4n) is 2.09. The molecule has 9 heteroatoms. The third-order valence-electron chi connectivity index (χ3n) is 3.10. The lowest BCUT2D eigenvalue weighted by atomic mass is 10.3. The highest BCUT2D eigenvalue weighted by Gasteiger charge is 2.33. The fourth-order valence-corrected chi connectivity index (χ4v) is 3.58. The Kier molecular flexibility index (Phi) is 3.92. The van der Waals surface area contributed by atoms with Gasteiger partial charge in [-0.2, -0.15) is 25.9 Å². The molecule has 5 nitrogen and oxygen atoms in total. The number of alkyl halides is 3. The monoisotopic (exact) mass is 309 g/mol. The molecule has 1 aromatic heterocycles. The Hall–Kier alpha value is -1.35. The molecule has 0 amide bonds. The van der Waals surface area contributed by atoms with Crippen molar-refractivity contribution in [3.8, 4) is 0 Å². The summed E-state index contributed by atoms with van der Waals surface area (Å²) in [6, 6.07) is 1.68. The van der Waals surface area contributed by atoms with Gasteiger partial charge in [0, 0.05) is 12.6 Å². The van der Waals surface area contributed by atoms with Gasteiger partial charge in [-0.1, -0.05) is 0 Å². The summed E-state index contributed by atoms with van der Waals surface area (Å²) in [6.07, 6.45) is -2.14. The highest BCUT2D eigenvalue weighted by atomic mass is 32.2. The van der Waals surface area contributed by atoms with Gasteiger partial charge >= 0.3 is 16.4 Å². The molecule has 0 aliphatic carbocycles. The van der Waals surface area contributed by atoms with Crippen LogP contribution in [0.15, 0.2) is 18.3 Å². The first-order chi connectivity index (χ1) is 9.20. The molecule has 112 valence electrons. The van der Waals surface area contributed by atoms with Crippen molar-refractivity contribution in [1.82, 2.24) is 9.29 Å². The van der Waals surface area contributed by atoms with E-state index in [0.29, 0.717) is 6.54 Å². The number of halogens is 3. The second-order valence-electron chi connectivity index (χ2n) is 4.64.